The van der Waals surface area contributed by atoms with Crippen LogP contribution >= 0.6 is 0 Å². The van der Waals surface area contributed by atoms with Gasteiger partial charge in [0, 0.05) is 0 Å². The van der Waals surface area contributed by atoms with Gasteiger partial charge in [-0.05, 0) is 30.3 Å². The van der Waals surface area contributed by atoms with E-state index in [9.17, 15) is 9.59 Å². The van der Waals surface area contributed by atoms with Gasteiger partial charge in [0.1, 0.15) is 16.7 Å². The molecule has 2 heterocycles. The summed E-state index contributed by atoms with van der Waals surface area (Å²) in [6, 6.07) is 13.5. The van der Waals surface area contributed by atoms with Gasteiger partial charge in [-0.1, -0.05) is 18.2 Å². The van der Waals surface area contributed by atoms with Gasteiger partial charge in [-0.2, -0.15) is 0 Å². The Balaban J connectivity index is 2.35. The van der Waals surface area contributed by atoms with Crippen molar-refractivity contribution in [1.82, 2.24) is 0 Å². The van der Waals surface area contributed by atoms with Crippen molar-refractivity contribution in [3.8, 4) is 11.3 Å². The predicted octanol–water partition coefficient (Wildman–Crippen LogP) is 3.00. The van der Waals surface area contributed by atoms with Crippen molar-refractivity contribution in [3.05, 3.63) is 69.2 Å². The van der Waals surface area contributed by atoms with Crippen LogP contribution in [0.4, 0.5) is 0 Å². The maximum atomic E-state index is 12.0. The minimum Gasteiger partial charge on any atom is -0.455 e. The monoisotopic (exact) mass is 264 g/mol. The summed E-state index contributed by atoms with van der Waals surface area (Å²) in [6.07, 6.45) is 0. The summed E-state index contributed by atoms with van der Waals surface area (Å²) >= 11 is 0. The Morgan fingerprint density at radius 3 is 2.55 bits per heavy atom. The molecule has 0 fully saturated rings. The Hall–Kier alpha value is -2.88. The minimum absolute atomic E-state index is 0.180. The molecule has 1 aromatic carbocycles. The third kappa shape index (κ3) is 1.42. The fourth-order valence-corrected chi connectivity index (χ4v) is 2.38. The van der Waals surface area contributed by atoms with Crippen LogP contribution in [-0.2, 0) is 0 Å². The molecule has 2 aliphatic rings. The van der Waals surface area contributed by atoms with Crippen molar-refractivity contribution in [1.29, 1.82) is 0 Å². The molecule has 0 spiro atoms. The van der Waals surface area contributed by atoms with Gasteiger partial charge in [0.2, 0.25) is 0 Å². The normalized spacial score (nSPS) is 11.4. The van der Waals surface area contributed by atoms with Crippen molar-refractivity contribution in [2.45, 2.75) is 0 Å². The van der Waals surface area contributed by atoms with E-state index in [1.807, 2.05) is 12.1 Å². The Labute approximate surface area is 112 Å². The molecule has 0 saturated heterocycles. The minimum atomic E-state index is -0.507. The second-order valence-electron chi connectivity index (χ2n) is 4.54. The molecule has 96 valence electrons. The molecule has 4 rings (SSSR count). The van der Waals surface area contributed by atoms with Crippen molar-refractivity contribution in [2.24, 2.45) is 0 Å². The largest absolute Gasteiger partial charge is 0.455 e. The van der Waals surface area contributed by atoms with Gasteiger partial charge in [0.25, 0.3) is 0 Å². The third-order valence-corrected chi connectivity index (χ3v) is 3.33. The van der Waals surface area contributed by atoms with E-state index in [1.165, 1.54) is 12.1 Å². The zero-order valence-corrected chi connectivity index (χ0v) is 10.3. The van der Waals surface area contributed by atoms with Crippen LogP contribution in [0.25, 0.3) is 33.3 Å². The molecule has 0 atom stereocenters. The van der Waals surface area contributed by atoms with E-state index in [4.69, 9.17) is 8.83 Å². The summed E-state index contributed by atoms with van der Waals surface area (Å²) in [5.41, 5.74) is 0.595. The first-order valence-corrected chi connectivity index (χ1v) is 6.12. The highest BCUT2D eigenvalue weighted by atomic mass is 16.4. The predicted molar refractivity (Wildman–Crippen MR) is 75.1 cm³/mol. The Kier molecular flexibility index (Phi) is 2.09. The standard InChI is InChI=1S/C16H8O4/c17-12-5-3-7-14-10(12)8-11-15(19-14)9-4-1-2-6-13(9)20-16(11)18/h1-8H. The molecular weight excluding hydrogens is 256 g/mol. The van der Waals surface area contributed by atoms with Gasteiger partial charge in [-0.3, -0.25) is 4.79 Å². The van der Waals surface area contributed by atoms with E-state index in [1.54, 1.807) is 24.3 Å². The maximum Gasteiger partial charge on any atom is 0.347 e. The highest BCUT2D eigenvalue weighted by Crippen LogP contribution is 2.28. The lowest BCUT2D eigenvalue weighted by molar-refractivity contribution is 0.560. The van der Waals surface area contributed by atoms with Crippen molar-refractivity contribution in [2.75, 3.05) is 0 Å². The topological polar surface area (TPSA) is 60.4 Å². The number of hydrogen-bond acceptors (Lipinski definition) is 4. The van der Waals surface area contributed by atoms with Gasteiger partial charge in [-0.25, -0.2) is 4.79 Å². The number of fused-ring (bicyclic) bond motifs is 4. The van der Waals surface area contributed by atoms with Crippen LogP contribution in [0.1, 0.15) is 0 Å². The zero-order chi connectivity index (χ0) is 13.7. The summed E-state index contributed by atoms with van der Waals surface area (Å²) in [5, 5.41) is 0.986. The SMILES string of the molecule is O=c1cccc2oc3c(cc1-2)c(=O)oc1ccccc13. The van der Waals surface area contributed by atoms with E-state index >= 15 is 0 Å². The first kappa shape index (κ1) is 11.0. The van der Waals surface area contributed by atoms with Gasteiger partial charge < -0.3 is 8.83 Å². The van der Waals surface area contributed by atoms with Gasteiger partial charge in [0.05, 0.1) is 10.9 Å². The number of benzene rings is 2. The summed E-state index contributed by atoms with van der Waals surface area (Å²) in [4.78, 5) is 23.8. The number of para-hydroxylation sites is 1. The van der Waals surface area contributed by atoms with Crippen LogP contribution in [-0.4, -0.2) is 0 Å². The maximum absolute atomic E-state index is 12.0. The lowest BCUT2D eigenvalue weighted by Gasteiger charge is -2.06. The molecule has 1 aromatic heterocycles. The lowest BCUT2D eigenvalue weighted by Crippen LogP contribution is -2.06. The number of hydrogen-bond donors (Lipinski definition) is 0. The second-order valence-corrected chi connectivity index (χ2v) is 4.54. The molecule has 0 bridgehead atoms. The van der Waals surface area contributed by atoms with Crippen molar-refractivity contribution >= 4 is 21.9 Å². The van der Waals surface area contributed by atoms with E-state index in [0.717, 1.165) is 0 Å². The van der Waals surface area contributed by atoms with E-state index < -0.39 is 5.63 Å². The molecule has 2 aromatic rings. The van der Waals surface area contributed by atoms with Crippen LogP contribution in [0, 0.1) is 0 Å². The highest BCUT2D eigenvalue weighted by Gasteiger charge is 2.15. The molecule has 4 nitrogen and oxygen atoms in total. The molecule has 1 aliphatic carbocycles. The Morgan fingerprint density at radius 1 is 0.800 bits per heavy atom. The average Bonchev–Trinajstić information content (AvgIpc) is 2.47. The van der Waals surface area contributed by atoms with Crippen molar-refractivity contribution < 1.29 is 8.83 Å². The Bertz CT molecular complexity index is 1040. The van der Waals surface area contributed by atoms with Crippen molar-refractivity contribution in [3.63, 3.8) is 0 Å². The second kappa shape index (κ2) is 3.81. The molecule has 0 saturated carbocycles. The first-order chi connectivity index (χ1) is 9.74. The third-order valence-electron chi connectivity index (χ3n) is 3.33. The van der Waals surface area contributed by atoms with E-state index in [2.05, 4.69) is 0 Å². The van der Waals surface area contributed by atoms with Crippen LogP contribution < -0.4 is 11.1 Å². The fourth-order valence-electron chi connectivity index (χ4n) is 2.38. The summed E-state index contributed by atoms with van der Waals surface area (Å²) in [6.45, 7) is 0. The lowest BCUT2D eigenvalue weighted by atomic mass is 10.1. The average molecular weight is 264 g/mol. The van der Waals surface area contributed by atoms with Crippen LogP contribution in [0.15, 0.2) is 67.0 Å². The quantitative estimate of drug-likeness (QED) is 0.278. The Morgan fingerprint density at radius 2 is 1.65 bits per heavy atom. The van der Waals surface area contributed by atoms with E-state index in [-0.39, 0.29) is 10.8 Å². The molecule has 0 radical (unpaired) electrons. The van der Waals surface area contributed by atoms with Crippen LogP contribution in [0.2, 0.25) is 0 Å². The molecule has 0 unspecified atom stereocenters. The summed E-state index contributed by atoms with van der Waals surface area (Å²) in [7, 11) is 0. The molecule has 4 heteroatoms. The molecule has 0 N–H and O–H groups in total. The molecule has 20 heavy (non-hydrogen) atoms. The van der Waals surface area contributed by atoms with Crippen LogP contribution in [0.3, 0.4) is 0 Å². The molecule has 0 amide bonds. The van der Waals surface area contributed by atoms with Gasteiger partial charge in [0.15, 0.2) is 11.0 Å². The van der Waals surface area contributed by atoms with Crippen LogP contribution in [0.5, 0.6) is 0 Å². The van der Waals surface area contributed by atoms with E-state index in [0.29, 0.717) is 27.9 Å². The summed E-state index contributed by atoms with van der Waals surface area (Å²) < 4.78 is 11.0. The molecular formula is C16H8O4. The smallest absolute Gasteiger partial charge is 0.347 e. The summed E-state index contributed by atoms with van der Waals surface area (Å²) in [5.74, 6) is 0.459. The fraction of sp³-hybridized carbons (Fsp3) is 0. The number of rotatable bonds is 0. The molecule has 1 aliphatic heterocycles. The van der Waals surface area contributed by atoms with Gasteiger partial charge >= 0.3 is 5.63 Å². The van der Waals surface area contributed by atoms with Gasteiger partial charge in [-0.15, -0.1) is 0 Å². The highest BCUT2D eigenvalue weighted by molar-refractivity contribution is 6.01. The first-order valence-electron chi connectivity index (χ1n) is 6.12. The zero-order valence-electron chi connectivity index (χ0n) is 10.3.